The minimum absolute atomic E-state index is 0.272. The zero-order valence-corrected chi connectivity index (χ0v) is 9.56. The van der Waals surface area contributed by atoms with Crippen molar-refractivity contribution in [2.45, 2.75) is 32.9 Å². The van der Waals surface area contributed by atoms with Crippen molar-refractivity contribution in [1.29, 1.82) is 0 Å². The van der Waals surface area contributed by atoms with Gasteiger partial charge >= 0.3 is 6.18 Å². The van der Waals surface area contributed by atoms with Gasteiger partial charge in [-0.05, 0) is 30.0 Å². The summed E-state index contributed by atoms with van der Waals surface area (Å²) in [6.45, 7) is 4.46. The minimum atomic E-state index is -4.29. The summed E-state index contributed by atoms with van der Waals surface area (Å²) in [6, 6.07) is 5.35. The Balaban J connectivity index is 2.82. The van der Waals surface area contributed by atoms with Crippen molar-refractivity contribution >= 4 is 0 Å². The van der Waals surface area contributed by atoms with E-state index in [9.17, 15) is 13.2 Å². The molecule has 0 aromatic heterocycles. The first-order valence-electron chi connectivity index (χ1n) is 5.09. The van der Waals surface area contributed by atoms with Crippen LogP contribution in [0, 0.1) is 6.92 Å². The first kappa shape index (κ1) is 12.9. The molecule has 16 heavy (non-hydrogen) atoms. The van der Waals surface area contributed by atoms with Crippen molar-refractivity contribution in [3.05, 3.63) is 29.3 Å². The fourth-order valence-corrected chi connectivity index (χ4v) is 1.29. The molecule has 0 heterocycles. The molecule has 0 saturated heterocycles. The average Bonchev–Trinajstić information content (AvgIpc) is 2.14. The molecule has 0 aliphatic carbocycles. The van der Waals surface area contributed by atoms with Crippen molar-refractivity contribution in [2.75, 3.05) is 6.61 Å². The molecule has 0 saturated carbocycles. The molecule has 0 atom stereocenters. The van der Waals surface area contributed by atoms with Gasteiger partial charge < -0.3 is 4.74 Å². The van der Waals surface area contributed by atoms with Gasteiger partial charge in [0.1, 0.15) is 5.75 Å². The number of hydrogen-bond acceptors (Lipinski definition) is 1. The first-order chi connectivity index (χ1) is 7.29. The van der Waals surface area contributed by atoms with Crippen molar-refractivity contribution in [3.63, 3.8) is 0 Å². The molecular weight excluding hydrogens is 217 g/mol. The van der Waals surface area contributed by atoms with Gasteiger partial charge in [-0.25, -0.2) is 0 Å². The van der Waals surface area contributed by atoms with Gasteiger partial charge in [-0.3, -0.25) is 0 Å². The van der Waals surface area contributed by atoms with E-state index in [0.717, 1.165) is 5.56 Å². The maximum atomic E-state index is 12.0. The number of alkyl halides is 3. The van der Waals surface area contributed by atoms with E-state index in [0.29, 0.717) is 11.3 Å². The largest absolute Gasteiger partial charge is 0.484 e. The SMILES string of the molecule is Cc1ccc(C(C)C)cc1OCC(F)(F)F. The minimum Gasteiger partial charge on any atom is -0.484 e. The Bertz CT molecular complexity index is 356. The molecule has 1 nitrogen and oxygen atoms in total. The highest BCUT2D eigenvalue weighted by atomic mass is 19.4. The average molecular weight is 232 g/mol. The lowest BCUT2D eigenvalue weighted by atomic mass is 10.0. The van der Waals surface area contributed by atoms with Crippen LogP contribution >= 0.6 is 0 Å². The van der Waals surface area contributed by atoms with E-state index in [1.54, 1.807) is 19.1 Å². The van der Waals surface area contributed by atoms with Gasteiger partial charge in [-0.1, -0.05) is 26.0 Å². The summed E-state index contributed by atoms with van der Waals surface area (Å²) in [5.74, 6) is 0.581. The van der Waals surface area contributed by atoms with E-state index < -0.39 is 12.8 Å². The van der Waals surface area contributed by atoms with Crippen LogP contribution in [0.1, 0.15) is 30.9 Å². The van der Waals surface area contributed by atoms with Crippen LogP contribution in [0.2, 0.25) is 0 Å². The Labute approximate surface area is 93.2 Å². The zero-order valence-electron chi connectivity index (χ0n) is 9.56. The molecule has 0 bridgehead atoms. The quantitative estimate of drug-likeness (QED) is 0.763. The Morgan fingerprint density at radius 2 is 1.88 bits per heavy atom. The molecule has 0 radical (unpaired) electrons. The molecule has 0 amide bonds. The summed E-state index contributed by atoms with van der Waals surface area (Å²) in [7, 11) is 0. The second kappa shape index (κ2) is 4.76. The van der Waals surface area contributed by atoms with Crippen molar-refractivity contribution in [3.8, 4) is 5.75 Å². The predicted molar refractivity (Wildman–Crippen MR) is 56.8 cm³/mol. The lowest BCUT2D eigenvalue weighted by Gasteiger charge is -2.13. The molecule has 0 aliphatic heterocycles. The third-order valence-corrected chi connectivity index (χ3v) is 2.27. The van der Waals surface area contributed by atoms with Crippen LogP contribution in [-0.4, -0.2) is 12.8 Å². The maximum absolute atomic E-state index is 12.0. The number of rotatable bonds is 3. The molecule has 90 valence electrons. The van der Waals surface area contributed by atoms with Gasteiger partial charge in [0.05, 0.1) is 0 Å². The van der Waals surface area contributed by atoms with Crippen LogP contribution < -0.4 is 4.74 Å². The van der Waals surface area contributed by atoms with Crippen molar-refractivity contribution in [1.82, 2.24) is 0 Å². The Morgan fingerprint density at radius 1 is 1.25 bits per heavy atom. The Kier molecular flexibility index (Phi) is 3.83. The molecule has 0 N–H and O–H groups in total. The number of ether oxygens (including phenoxy) is 1. The fraction of sp³-hybridized carbons (Fsp3) is 0.500. The van der Waals surface area contributed by atoms with Gasteiger partial charge in [0, 0.05) is 0 Å². The van der Waals surface area contributed by atoms with Gasteiger partial charge in [-0.2, -0.15) is 13.2 Å². The lowest BCUT2D eigenvalue weighted by molar-refractivity contribution is -0.153. The zero-order chi connectivity index (χ0) is 12.3. The Morgan fingerprint density at radius 3 is 2.38 bits per heavy atom. The number of hydrogen-bond donors (Lipinski definition) is 0. The van der Waals surface area contributed by atoms with Gasteiger partial charge in [0.2, 0.25) is 0 Å². The number of aryl methyl sites for hydroxylation is 1. The van der Waals surface area contributed by atoms with E-state index in [2.05, 4.69) is 0 Å². The van der Waals surface area contributed by atoms with Gasteiger partial charge in [0.15, 0.2) is 6.61 Å². The van der Waals surface area contributed by atoms with E-state index in [4.69, 9.17) is 4.74 Å². The molecule has 1 aromatic carbocycles. The fourth-order valence-electron chi connectivity index (χ4n) is 1.29. The maximum Gasteiger partial charge on any atom is 0.422 e. The Hall–Kier alpha value is -1.19. The summed E-state index contributed by atoms with van der Waals surface area (Å²) in [4.78, 5) is 0. The number of benzene rings is 1. The smallest absolute Gasteiger partial charge is 0.422 e. The topological polar surface area (TPSA) is 9.23 Å². The molecule has 1 rings (SSSR count). The summed E-state index contributed by atoms with van der Waals surface area (Å²) in [6.07, 6.45) is -4.29. The molecule has 0 aliphatic rings. The lowest BCUT2D eigenvalue weighted by Crippen LogP contribution is -2.19. The van der Waals surface area contributed by atoms with E-state index in [1.807, 2.05) is 19.9 Å². The summed E-state index contributed by atoms with van der Waals surface area (Å²) < 4.78 is 40.8. The van der Waals surface area contributed by atoms with Gasteiger partial charge in [0.25, 0.3) is 0 Å². The van der Waals surface area contributed by atoms with Crippen LogP contribution in [0.3, 0.4) is 0 Å². The predicted octanol–water partition coefficient (Wildman–Crippen LogP) is 4.06. The number of halogens is 3. The highest BCUT2D eigenvalue weighted by Gasteiger charge is 2.28. The third-order valence-electron chi connectivity index (χ3n) is 2.27. The van der Waals surface area contributed by atoms with Crippen LogP contribution in [0.5, 0.6) is 5.75 Å². The highest BCUT2D eigenvalue weighted by molar-refractivity contribution is 5.37. The van der Waals surface area contributed by atoms with Gasteiger partial charge in [-0.15, -0.1) is 0 Å². The van der Waals surface area contributed by atoms with Crippen LogP contribution in [0.25, 0.3) is 0 Å². The molecule has 0 fully saturated rings. The van der Waals surface area contributed by atoms with E-state index in [1.165, 1.54) is 0 Å². The molecule has 4 heteroatoms. The normalized spacial score (nSPS) is 11.9. The van der Waals surface area contributed by atoms with E-state index in [-0.39, 0.29) is 5.92 Å². The van der Waals surface area contributed by atoms with Crippen molar-refractivity contribution < 1.29 is 17.9 Å². The molecule has 1 aromatic rings. The monoisotopic (exact) mass is 232 g/mol. The third kappa shape index (κ3) is 3.76. The standard InChI is InChI=1S/C12H15F3O/c1-8(2)10-5-4-9(3)11(6-10)16-7-12(13,14)15/h4-6,8H,7H2,1-3H3. The summed E-state index contributed by atoms with van der Waals surface area (Å²) in [5, 5.41) is 0. The van der Waals surface area contributed by atoms with E-state index >= 15 is 0 Å². The van der Waals surface area contributed by atoms with Crippen LogP contribution in [0.4, 0.5) is 13.2 Å². The first-order valence-corrected chi connectivity index (χ1v) is 5.09. The second-order valence-corrected chi connectivity index (χ2v) is 4.08. The molecule has 0 unspecified atom stereocenters. The highest BCUT2D eigenvalue weighted by Crippen LogP contribution is 2.26. The molecular formula is C12H15F3O. The van der Waals surface area contributed by atoms with Crippen LogP contribution in [0.15, 0.2) is 18.2 Å². The summed E-state index contributed by atoms with van der Waals surface area (Å²) in [5.41, 5.74) is 1.69. The second-order valence-electron chi connectivity index (χ2n) is 4.08. The van der Waals surface area contributed by atoms with Crippen LogP contribution in [-0.2, 0) is 0 Å². The molecule has 0 spiro atoms. The van der Waals surface area contributed by atoms with Crippen molar-refractivity contribution in [2.24, 2.45) is 0 Å². The summed E-state index contributed by atoms with van der Waals surface area (Å²) >= 11 is 0.